The van der Waals surface area contributed by atoms with Crippen molar-refractivity contribution >= 4 is 0 Å². The molecule has 0 saturated carbocycles. The van der Waals surface area contributed by atoms with Gasteiger partial charge in [0.15, 0.2) is 0 Å². The second-order valence-corrected chi connectivity index (χ2v) is 4.10. The number of aliphatic hydroxyl groups excluding tert-OH is 1. The van der Waals surface area contributed by atoms with E-state index in [1.54, 1.807) is 0 Å². The molecule has 1 rings (SSSR count). The molecule has 1 aromatic rings. The predicted octanol–water partition coefficient (Wildman–Crippen LogP) is 3.69. The average Bonchev–Trinajstić information content (AvgIpc) is 2.17. The lowest BCUT2D eigenvalue weighted by Gasteiger charge is -2.13. The fraction of sp³-hybridized carbons (Fsp3) is 0.429. The first-order valence-corrected chi connectivity index (χ1v) is 5.51. The SMILES string of the molecule is C=CCCCC(O)c1ccc(C)cc1C. The molecule has 0 heterocycles. The van der Waals surface area contributed by atoms with Crippen LogP contribution in [0.4, 0.5) is 0 Å². The lowest BCUT2D eigenvalue weighted by molar-refractivity contribution is 0.164. The molecule has 0 aliphatic carbocycles. The molecule has 0 spiro atoms. The van der Waals surface area contributed by atoms with Gasteiger partial charge in [-0.1, -0.05) is 29.8 Å². The summed E-state index contributed by atoms with van der Waals surface area (Å²) in [5.41, 5.74) is 3.49. The van der Waals surface area contributed by atoms with E-state index < -0.39 is 0 Å². The Bertz CT molecular complexity index is 328. The van der Waals surface area contributed by atoms with Gasteiger partial charge in [0.25, 0.3) is 0 Å². The summed E-state index contributed by atoms with van der Waals surface area (Å²) in [4.78, 5) is 0. The van der Waals surface area contributed by atoms with Gasteiger partial charge in [-0.2, -0.15) is 0 Å². The molecule has 0 bridgehead atoms. The van der Waals surface area contributed by atoms with Crippen LogP contribution in [-0.4, -0.2) is 5.11 Å². The fourth-order valence-corrected chi connectivity index (χ4v) is 1.81. The molecule has 15 heavy (non-hydrogen) atoms. The van der Waals surface area contributed by atoms with E-state index in [1.807, 2.05) is 12.1 Å². The van der Waals surface area contributed by atoms with Gasteiger partial charge in [-0.05, 0) is 44.2 Å². The summed E-state index contributed by atoms with van der Waals surface area (Å²) in [6.07, 6.45) is 4.36. The highest BCUT2D eigenvalue weighted by atomic mass is 16.3. The normalized spacial score (nSPS) is 12.5. The van der Waals surface area contributed by atoms with Gasteiger partial charge in [0.05, 0.1) is 6.10 Å². The van der Waals surface area contributed by atoms with Crippen LogP contribution in [0.3, 0.4) is 0 Å². The molecule has 82 valence electrons. The van der Waals surface area contributed by atoms with Gasteiger partial charge in [-0.15, -0.1) is 6.58 Å². The highest BCUT2D eigenvalue weighted by Crippen LogP contribution is 2.23. The first-order valence-electron chi connectivity index (χ1n) is 5.51. The Kier molecular flexibility index (Phi) is 4.57. The predicted molar refractivity (Wildman–Crippen MR) is 64.9 cm³/mol. The maximum Gasteiger partial charge on any atom is 0.0792 e. The largest absolute Gasteiger partial charge is 0.388 e. The second kappa shape index (κ2) is 5.72. The number of unbranched alkanes of at least 4 members (excludes halogenated alkanes) is 1. The number of benzene rings is 1. The van der Waals surface area contributed by atoms with Crippen molar-refractivity contribution in [3.8, 4) is 0 Å². The summed E-state index contributed by atoms with van der Waals surface area (Å²) in [6, 6.07) is 6.20. The highest BCUT2D eigenvalue weighted by molar-refractivity contribution is 5.31. The molecule has 0 aliphatic heterocycles. The Morgan fingerprint density at radius 1 is 1.40 bits per heavy atom. The Balaban J connectivity index is 2.64. The van der Waals surface area contributed by atoms with Crippen molar-refractivity contribution in [3.05, 3.63) is 47.5 Å². The van der Waals surface area contributed by atoms with Crippen molar-refractivity contribution < 1.29 is 5.11 Å². The minimum atomic E-state index is -0.328. The molecule has 1 aromatic carbocycles. The van der Waals surface area contributed by atoms with Crippen LogP contribution >= 0.6 is 0 Å². The zero-order valence-corrected chi connectivity index (χ0v) is 9.66. The van der Waals surface area contributed by atoms with Gasteiger partial charge in [-0.25, -0.2) is 0 Å². The van der Waals surface area contributed by atoms with Crippen molar-refractivity contribution in [1.82, 2.24) is 0 Å². The molecular formula is C14H20O. The minimum Gasteiger partial charge on any atom is -0.388 e. The molecular weight excluding hydrogens is 184 g/mol. The topological polar surface area (TPSA) is 20.2 Å². The van der Waals surface area contributed by atoms with Gasteiger partial charge < -0.3 is 5.11 Å². The van der Waals surface area contributed by atoms with Crippen LogP contribution in [0.25, 0.3) is 0 Å². The monoisotopic (exact) mass is 204 g/mol. The number of hydrogen-bond donors (Lipinski definition) is 1. The summed E-state index contributed by atoms with van der Waals surface area (Å²) in [7, 11) is 0. The van der Waals surface area contributed by atoms with Crippen molar-refractivity contribution in [1.29, 1.82) is 0 Å². The maximum atomic E-state index is 9.98. The van der Waals surface area contributed by atoms with E-state index in [-0.39, 0.29) is 6.10 Å². The van der Waals surface area contributed by atoms with Gasteiger partial charge in [-0.3, -0.25) is 0 Å². The van der Waals surface area contributed by atoms with E-state index in [1.165, 1.54) is 11.1 Å². The van der Waals surface area contributed by atoms with E-state index >= 15 is 0 Å². The molecule has 0 fully saturated rings. The van der Waals surface area contributed by atoms with E-state index in [4.69, 9.17) is 0 Å². The molecule has 0 aromatic heterocycles. The van der Waals surface area contributed by atoms with Crippen LogP contribution in [0.15, 0.2) is 30.9 Å². The van der Waals surface area contributed by atoms with E-state index in [0.29, 0.717) is 0 Å². The maximum absolute atomic E-state index is 9.98. The summed E-state index contributed by atoms with van der Waals surface area (Å²) in [5, 5.41) is 9.98. The third-order valence-corrected chi connectivity index (χ3v) is 2.67. The molecule has 1 atom stereocenters. The molecule has 1 unspecified atom stereocenters. The lowest BCUT2D eigenvalue weighted by atomic mass is 9.98. The lowest BCUT2D eigenvalue weighted by Crippen LogP contribution is -2.00. The van der Waals surface area contributed by atoms with Crippen LogP contribution in [0.2, 0.25) is 0 Å². The number of rotatable bonds is 5. The van der Waals surface area contributed by atoms with Crippen LogP contribution in [0, 0.1) is 13.8 Å². The molecule has 0 aliphatic rings. The van der Waals surface area contributed by atoms with Crippen LogP contribution in [0.5, 0.6) is 0 Å². The second-order valence-electron chi connectivity index (χ2n) is 4.10. The Morgan fingerprint density at radius 3 is 2.73 bits per heavy atom. The van der Waals surface area contributed by atoms with E-state index in [9.17, 15) is 5.11 Å². The van der Waals surface area contributed by atoms with Gasteiger partial charge in [0.2, 0.25) is 0 Å². The smallest absolute Gasteiger partial charge is 0.0792 e. The Hall–Kier alpha value is -1.08. The highest BCUT2D eigenvalue weighted by Gasteiger charge is 2.09. The molecule has 0 amide bonds. The fourth-order valence-electron chi connectivity index (χ4n) is 1.81. The van der Waals surface area contributed by atoms with Crippen molar-refractivity contribution in [2.24, 2.45) is 0 Å². The number of hydrogen-bond acceptors (Lipinski definition) is 1. The Morgan fingerprint density at radius 2 is 2.13 bits per heavy atom. The number of allylic oxidation sites excluding steroid dienone is 1. The van der Waals surface area contributed by atoms with Crippen LogP contribution in [0.1, 0.15) is 42.1 Å². The standard InChI is InChI=1S/C14H20O/c1-4-5-6-7-14(15)13-9-8-11(2)10-12(13)3/h4,8-10,14-15H,1,5-7H2,2-3H3. The number of aliphatic hydroxyl groups is 1. The van der Waals surface area contributed by atoms with Gasteiger partial charge in [0, 0.05) is 0 Å². The first-order chi connectivity index (χ1) is 7.15. The van der Waals surface area contributed by atoms with Crippen molar-refractivity contribution in [3.63, 3.8) is 0 Å². The number of aryl methyl sites for hydroxylation is 2. The van der Waals surface area contributed by atoms with Crippen molar-refractivity contribution in [2.75, 3.05) is 0 Å². The molecule has 0 radical (unpaired) electrons. The molecule has 1 heteroatoms. The summed E-state index contributed by atoms with van der Waals surface area (Å²) in [6.45, 7) is 7.80. The third kappa shape index (κ3) is 3.52. The van der Waals surface area contributed by atoms with E-state index in [2.05, 4.69) is 32.6 Å². The Labute approximate surface area is 92.5 Å². The van der Waals surface area contributed by atoms with E-state index in [0.717, 1.165) is 24.8 Å². The summed E-state index contributed by atoms with van der Waals surface area (Å²) in [5.74, 6) is 0. The molecule has 1 N–H and O–H groups in total. The van der Waals surface area contributed by atoms with Crippen molar-refractivity contribution in [2.45, 2.75) is 39.2 Å². The molecule has 0 saturated heterocycles. The van der Waals surface area contributed by atoms with Crippen LogP contribution in [-0.2, 0) is 0 Å². The minimum absolute atomic E-state index is 0.328. The third-order valence-electron chi connectivity index (χ3n) is 2.67. The zero-order valence-electron chi connectivity index (χ0n) is 9.66. The van der Waals surface area contributed by atoms with Crippen LogP contribution < -0.4 is 0 Å². The summed E-state index contributed by atoms with van der Waals surface area (Å²) >= 11 is 0. The summed E-state index contributed by atoms with van der Waals surface area (Å²) < 4.78 is 0. The van der Waals surface area contributed by atoms with Gasteiger partial charge in [0.1, 0.15) is 0 Å². The quantitative estimate of drug-likeness (QED) is 0.573. The molecule has 1 nitrogen and oxygen atoms in total. The van der Waals surface area contributed by atoms with Gasteiger partial charge >= 0.3 is 0 Å². The zero-order chi connectivity index (χ0) is 11.3. The average molecular weight is 204 g/mol. The first kappa shape index (κ1) is 12.0.